The molecule has 1 aliphatic heterocycles. The largest absolute Gasteiger partial charge is 0.444 e. The van der Waals surface area contributed by atoms with Crippen LogP contribution < -0.4 is 20.9 Å². The highest BCUT2D eigenvalue weighted by Gasteiger charge is 2.21. The first-order valence-corrected chi connectivity index (χ1v) is 11.3. The van der Waals surface area contributed by atoms with E-state index >= 15 is 0 Å². The monoisotopic (exact) mass is 574 g/mol. The number of piperazine rings is 1. The zero-order chi connectivity index (χ0) is 23.4. The van der Waals surface area contributed by atoms with E-state index in [4.69, 9.17) is 4.74 Å². The molecule has 9 nitrogen and oxygen atoms in total. The van der Waals surface area contributed by atoms with E-state index in [1.165, 1.54) is 5.69 Å². The standard InChI is InChI=1S/C23H38N6O3.HI/c1-23(2,3)32-22(31)27-13-8-12-25-21(24-4)26-14-11-20(30)29-17-15-28(16-18-29)19-9-6-5-7-10-19;/h5-7,9-10H,8,11-18H2,1-4H3,(H,27,31)(H2,24,25,26);1H. The molecule has 0 spiro atoms. The van der Waals surface area contributed by atoms with E-state index in [0.717, 1.165) is 32.6 Å². The number of carbonyl (C=O) groups is 2. The molecule has 3 N–H and O–H groups in total. The molecule has 1 aromatic carbocycles. The van der Waals surface area contributed by atoms with Gasteiger partial charge in [0.25, 0.3) is 0 Å². The second-order valence-electron chi connectivity index (χ2n) is 8.66. The number of anilines is 1. The number of carbonyl (C=O) groups excluding carboxylic acids is 2. The third-order valence-electron chi connectivity index (χ3n) is 4.92. The van der Waals surface area contributed by atoms with Crippen LogP contribution in [0.2, 0.25) is 0 Å². The van der Waals surface area contributed by atoms with Crippen molar-refractivity contribution in [2.45, 2.75) is 39.2 Å². The fourth-order valence-electron chi connectivity index (χ4n) is 3.32. The van der Waals surface area contributed by atoms with Crippen LogP contribution in [0.3, 0.4) is 0 Å². The molecule has 0 atom stereocenters. The molecule has 1 fully saturated rings. The van der Waals surface area contributed by atoms with Crippen molar-refractivity contribution in [1.82, 2.24) is 20.9 Å². The maximum atomic E-state index is 12.5. The minimum atomic E-state index is -0.499. The molecule has 0 saturated carbocycles. The summed E-state index contributed by atoms with van der Waals surface area (Å²) in [7, 11) is 1.69. The van der Waals surface area contributed by atoms with Crippen molar-refractivity contribution in [3.8, 4) is 0 Å². The molecule has 186 valence electrons. The van der Waals surface area contributed by atoms with Gasteiger partial charge in [-0.1, -0.05) is 18.2 Å². The molecule has 2 rings (SSSR count). The summed E-state index contributed by atoms with van der Waals surface area (Å²) >= 11 is 0. The lowest BCUT2D eigenvalue weighted by Gasteiger charge is -2.36. The van der Waals surface area contributed by atoms with E-state index in [-0.39, 0.29) is 29.9 Å². The first kappa shape index (κ1) is 28.8. The number of hydrogen-bond acceptors (Lipinski definition) is 5. The quantitative estimate of drug-likeness (QED) is 0.191. The van der Waals surface area contributed by atoms with Gasteiger partial charge < -0.3 is 30.5 Å². The summed E-state index contributed by atoms with van der Waals surface area (Å²) in [5, 5.41) is 9.08. The summed E-state index contributed by atoms with van der Waals surface area (Å²) in [5.74, 6) is 0.797. The van der Waals surface area contributed by atoms with Gasteiger partial charge in [0.1, 0.15) is 5.60 Å². The summed E-state index contributed by atoms with van der Waals surface area (Å²) in [4.78, 5) is 32.6. The van der Waals surface area contributed by atoms with Crippen molar-refractivity contribution in [3.63, 3.8) is 0 Å². The van der Waals surface area contributed by atoms with E-state index in [1.54, 1.807) is 7.05 Å². The molecule has 1 aromatic rings. The normalized spacial score (nSPS) is 14.2. The molecular weight excluding hydrogens is 535 g/mol. The predicted octanol–water partition coefficient (Wildman–Crippen LogP) is 2.42. The van der Waals surface area contributed by atoms with Crippen LogP contribution in [0.1, 0.15) is 33.6 Å². The molecule has 1 saturated heterocycles. The molecule has 0 aliphatic carbocycles. The highest BCUT2D eigenvalue weighted by molar-refractivity contribution is 14.0. The fourth-order valence-corrected chi connectivity index (χ4v) is 3.32. The molecule has 10 heteroatoms. The Bertz CT molecular complexity index is 746. The van der Waals surface area contributed by atoms with Crippen LogP contribution >= 0.6 is 24.0 Å². The molecule has 1 heterocycles. The zero-order valence-corrected chi connectivity index (χ0v) is 22.6. The van der Waals surface area contributed by atoms with Gasteiger partial charge in [-0.2, -0.15) is 0 Å². The van der Waals surface area contributed by atoms with Crippen molar-refractivity contribution < 1.29 is 14.3 Å². The van der Waals surface area contributed by atoms with Crippen LogP contribution in [0.5, 0.6) is 0 Å². The predicted molar refractivity (Wildman–Crippen MR) is 143 cm³/mol. The van der Waals surface area contributed by atoms with Gasteiger partial charge in [-0.3, -0.25) is 9.79 Å². The topological polar surface area (TPSA) is 98.3 Å². The summed E-state index contributed by atoms with van der Waals surface area (Å²) in [6.45, 7) is 10.4. The molecule has 33 heavy (non-hydrogen) atoms. The Balaban J connectivity index is 0.00000544. The Kier molecular flexibility index (Phi) is 12.9. The molecular formula is C23H39IN6O3. The van der Waals surface area contributed by atoms with Crippen LogP contribution in [-0.2, 0) is 9.53 Å². The van der Waals surface area contributed by atoms with Crippen molar-refractivity contribution in [1.29, 1.82) is 0 Å². The number of para-hydroxylation sites is 1. The van der Waals surface area contributed by atoms with Gasteiger partial charge >= 0.3 is 6.09 Å². The number of rotatable bonds is 8. The van der Waals surface area contributed by atoms with Crippen molar-refractivity contribution in [2.24, 2.45) is 4.99 Å². The smallest absolute Gasteiger partial charge is 0.407 e. The zero-order valence-electron chi connectivity index (χ0n) is 20.2. The molecule has 2 amide bonds. The highest BCUT2D eigenvalue weighted by atomic mass is 127. The maximum absolute atomic E-state index is 12.5. The number of aliphatic imine (C=N–C) groups is 1. The Morgan fingerprint density at radius 3 is 2.18 bits per heavy atom. The third kappa shape index (κ3) is 11.4. The number of amides is 2. The van der Waals surface area contributed by atoms with E-state index < -0.39 is 11.7 Å². The maximum Gasteiger partial charge on any atom is 0.407 e. The van der Waals surface area contributed by atoms with Crippen LogP contribution in [-0.4, -0.2) is 81.3 Å². The Hall–Kier alpha value is -2.24. The van der Waals surface area contributed by atoms with E-state index in [9.17, 15) is 9.59 Å². The first-order valence-electron chi connectivity index (χ1n) is 11.3. The van der Waals surface area contributed by atoms with Gasteiger partial charge in [0.05, 0.1) is 0 Å². The van der Waals surface area contributed by atoms with Crippen LogP contribution in [0.15, 0.2) is 35.3 Å². The third-order valence-corrected chi connectivity index (χ3v) is 4.92. The number of ether oxygens (including phenoxy) is 1. The molecule has 0 unspecified atom stereocenters. The van der Waals surface area contributed by atoms with Gasteiger partial charge in [0.15, 0.2) is 5.96 Å². The highest BCUT2D eigenvalue weighted by Crippen LogP contribution is 2.15. The molecule has 1 aliphatic rings. The second-order valence-corrected chi connectivity index (χ2v) is 8.66. The van der Waals surface area contributed by atoms with Crippen molar-refractivity contribution in [2.75, 3.05) is 57.8 Å². The number of guanidine groups is 1. The lowest BCUT2D eigenvalue weighted by molar-refractivity contribution is -0.131. The number of nitrogens with one attached hydrogen (secondary N) is 3. The summed E-state index contributed by atoms with van der Waals surface area (Å²) in [5.41, 5.74) is 0.707. The summed E-state index contributed by atoms with van der Waals surface area (Å²) in [6.07, 6.45) is 0.736. The fraction of sp³-hybridized carbons (Fsp3) is 0.609. The Morgan fingerprint density at radius 2 is 1.58 bits per heavy atom. The van der Waals surface area contributed by atoms with Gasteiger partial charge in [-0.25, -0.2) is 4.79 Å². The second kappa shape index (κ2) is 14.8. The van der Waals surface area contributed by atoms with Crippen LogP contribution in [0, 0.1) is 0 Å². The number of hydrogen-bond donors (Lipinski definition) is 3. The first-order chi connectivity index (χ1) is 15.3. The Morgan fingerprint density at radius 1 is 0.970 bits per heavy atom. The lowest BCUT2D eigenvalue weighted by Crippen LogP contribution is -2.49. The number of nitrogens with zero attached hydrogens (tertiary/aromatic N) is 3. The average molecular weight is 575 g/mol. The molecule has 0 radical (unpaired) electrons. The van der Waals surface area contributed by atoms with Crippen LogP contribution in [0.25, 0.3) is 0 Å². The van der Waals surface area contributed by atoms with Crippen molar-refractivity contribution in [3.05, 3.63) is 30.3 Å². The van der Waals surface area contributed by atoms with E-state index in [0.29, 0.717) is 32.0 Å². The number of halogens is 1. The summed E-state index contributed by atoms with van der Waals surface area (Å²) in [6, 6.07) is 10.3. The minimum Gasteiger partial charge on any atom is -0.444 e. The Labute approximate surface area is 214 Å². The molecule has 0 bridgehead atoms. The number of alkyl carbamates (subject to hydrolysis) is 1. The van der Waals surface area contributed by atoms with Gasteiger partial charge in [0.2, 0.25) is 5.91 Å². The average Bonchev–Trinajstić information content (AvgIpc) is 2.77. The van der Waals surface area contributed by atoms with E-state index in [2.05, 4.69) is 38.0 Å². The van der Waals surface area contributed by atoms with Crippen molar-refractivity contribution >= 4 is 47.6 Å². The van der Waals surface area contributed by atoms with Crippen LogP contribution in [0.4, 0.5) is 10.5 Å². The number of benzene rings is 1. The minimum absolute atomic E-state index is 0. The van der Waals surface area contributed by atoms with E-state index in [1.807, 2.05) is 43.9 Å². The SMILES string of the molecule is CN=C(NCCCNC(=O)OC(C)(C)C)NCCC(=O)N1CCN(c2ccccc2)CC1.I. The van der Waals surface area contributed by atoms with Gasteiger partial charge in [-0.15, -0.1) is 24.0 Å². The van der Waals surface area contributed by atoms with Gasteiger partial charge in [-0.05, 0) is 39.3 Å². The summed E-state index contributed by atoms with van der Waals surface area (Å²) < 4.78 is 5.20. The molecule has 0 aromatic heterocycles. The van der Waals surface area contributed by atoms with Gasteiger partial charge in [0, 0.05) is 65.0 Å². The lowest BCUT2D eigenvalue weighted by atomic mass is 10.2.